The fourth-order valence-corrected chi connectivity index (χ4v) is 6.33. The summed E-state index contributed by atoms with van der Waals surface area (Å²) >= 11 is 0. The van der Waals surface area contributed by atoms with Crippen LogP contribution in [0.1, 0.15) is 77.0 Å². The van der Waals surface area contributed by atoms with E-state index >= 15 is 0 Å². The molecule has 4 unspecified atom stereocenters. The standard InChI is InChI=1S/C21H29NO3/c23-20-13-7-1-2-8-14(13)21(24)22(20)19-15-9-3-5-11-17(15)25-18-12-6-4-10-16(18)19/h15-19H,1-12H2. The first-order valence-electron chi connectivity index (χ1n) is 10.5. The zero-order chi connectivity index (χ0) is 17.0. The van der Waals surface area contributed by atoms with Crippen LogP contribution in [0, 0.1) is 11.8 Å². The van der Waals surface area contributed by atoms with Crippen molar-refractivity contribution >= 4 is 11.8 Å². The van der Waals surface area contributed by atoms with E-state index in [9.17, 15) is 9.59 Å². The van der Waals surface area contributed by atoms with Gasteiger partial charge in [0.25, 0.3) is 11.8 Å². The molecule has 2 heterocycles. The first kappa shape index (κ1) is 16.0. The molecule has 4 atom stereocenters. The average molecular weight is 343 g/mol. The molecule has 0 bridgehead atoms. The SMILES string of the molecule is O=C1C2=C(CCCC2)C(=O)N1C1C2CCCCC2OC2CCCCC21. The maximum Gasteiger partial charge on any atom is 0.257 e. The highest BCUT2D eigenvalue weighted by atomic mass is 16.5. The van der Waals surface area contributed by atoms with Crippen molar-refractivity contribution in [3.05, 3.63) is 11.1 Å². The van der Waals surface area contributed by atoms with E-state index in [1.165, 1.54) is 25.7 Å². The van der Waals surface area contributed by atoms with Crippen LogP contribution >= 0.6 is 0 Å². The molecule has 5 aliphatic rings. The van der Waals surface area contributed by atoms with Crippen LogP contribution in [0.15, 0.2) is 11.1 Å². The Kier molecular flexibility index (Phi) is 3.99. The minimum absolute atomic E-state index is 0.0558. The summed E-state index contributed by atoms with van der Waals surface area (Å²) in [5, 5.41) is 0. The van der Waals surface area contributed by atoms with E-state index < -0.39 is 0 Å². The number of amides is 2. The van der Waals surface area contributed by atoms with Crippen molar-refractivity contribution < 1.29 is 14.3 Å². The lowest BCUT2D eigenvalue weighted by atomic mass is 9.68. The monoisotopic (exact) mass is 343 g/mol. The van der Waals surface area contributed by atoms with Crippen molar-refractivity contribution in [2.24, 2.45) is 11.8 Å². The Bertz CT molecular complexity index is 575. The molecule has 25 heavy (non-hydrogen) atoms. The molecule has 3 fully saturated rings. The molecule has 0 aromatic rings. The highest BCUT2D eigenvalue weighted by Crippen LogP contribution is 2.48. The van der Waals surface area contributed by atoms with E-state index in [1.807, 2.05) is 0 Å². The predicted molar refractivity (Wildman–Crippen MR) is 93.7 cm³/mol. The Morgan fingerprint density at radius 3 is 1.68 bits per heavy atom. The van der Waals surface area contributed by atoms with Crippen molar-refractivity contribution in [1.82, 2.24) is 4.90 Å². The van der Waals surface area contributed by atoms with E-state index in [4.69, 9.17) is 4.74 Å². The van der Waals surface area contributed by atoms with Crippen LogP contribution in [-0.4, -0.2) is 35.0 Å². The number of carbonyl (C=O) groups is 2. The first-order valence-corrected chi connectivity index (χ1v) is 10.5. The summed E-state index contributed by atoms with van der Waals surface area (Å²) in [5.74, 6) is 0.838. The molecule has 4 heteroatoms. The van der Waals surface area contributed by atoms with Gasteiger partial charge in [-0.25, -0.2) is 0 Å². The minimum atomic E-state index is 0.0558. The van der Waals surface area contributed by atoms with E-state index in [1.54, 1.807) is 4.90 Å². The number of hydrogen-bond donors (Lipinski definition) is 0. The smallest absolute Gasteiger partial charge is 0.257 e. The Morgan fingerprint density at radius 2 is 1.16 bits per heavy atom. The van der Waals surface area contributed by atoms with E-state index in [2.05, 4.69) is 0 Å². The van der Waals surface area contributed by atoms with Crippen molar-refractivity contribution in [3.63, 3.8) is 0 Å². The van der Waals surface area contributed by atoms with Gasteiger partial charge in [-0.05, 0) is 51.4 Å². The molecule has 0 aromatic heterocycles. The lowest BCUT2D eigenvalue weighted by molar-refractivity contribution is -0.183. The van der Waals surface area contributed by atoms with E-state index in [-0.39, 0.29) is 30.1 Å². The summed E-state index contributed by atoms with van der Waals surface area (Å²) in [6, 6.07) is 0.0925. The summed E-state index contributed by atoms with van der Waals surface area (Å²) in [7, 11) is 0. The molecule has 2 amide bonds. The summed E-state index contributed by atoms with van der Waals surface area (Å²) in [5.41, 5.74) is 1.70. The van der Waals surface area contributed by atoms with Crippen LogP contribution in [-0.2, 0) is 14.3 Å². The van der Waals surface area contributed by atoms with Gasteiger partial charge in [-0.15, -0.1) is 0 Å². The Balaban J connectivity index is 1.51. The van der Waals surface area contributed by atoms with Gasteiger partial charge in [-0.1, -0.05) is 25.7 Å². The number of nitrogens with zero attached hydrogens (tertiary/aromatic N) is 1. The Labute approximate surface area is 150 Å². The number of fused-ring (bicyclic) bond motifs is 2. The number of carbonyl (C=O) groups excluding carboxylic acids is 2. The molecule has 0 radical (unpaired) electrons. The molecule has 136 valence electrons. The van der Waals surface area contributed by atoms with Gasteiger partial charge in [0.15, 0.2) is 0 Å². The molecule has 2 saturated carbocycles. The highest BCUT2D eigenvalue weighted by molar-refractivity contribution is 6.19. The van der Waals surface area contributed by atoms with Gasteiger partial charge in [0.05, 0.1) is 18.2 Å². The van der Waals surface area contributed by atoms with Crippen molar-refractivity contribution in [2.45, 2.75) is 95.3 Å². The lowest BCUT2D eigenvalue weighted by Crippen LogP contribution is -2.61. The van der Waals surface area contributed by atoms with Crippen LogP contribution in [0.3, 0.4) is 0 Å². The van der Waals surface area contributed by atoms with Crippen LogP contribution < -0.4 is 0 Å². The van der Waals surface area contributed by atoms with Crippen molar-refractivity contribution in [1.29, 1.82) is 0 Å². The summed E-state index contributed by atoms with van der Waals surface area (Å²) in [4.78, 5) is 28.2. The second-order valence-electron chi connectivity index (χ2n) is 8.74. The summed E-state index contributed by atoms with van der Waals surface area (Å²) in [6.07, 6.45) is 13.5. The third-order valence-corrected chi connectivity index (χ3v) is 7.45. The molecule has 1 saturated heterocycles. The quantitative estimate of drug-likeness (QED) is 0.681. The van der Waals surface area contributed by atoms with Gasteiger partial charge in [-0.3, -0.25) is 14.5 Å². The number of imide groups is 1. The van der Waals surface area contributed by atoms with Gasteiger partial charge in [0.1, 0.15) is 0 Å². The fraction of sp³-hybridized carbons (Fsp3) is 0.810. The Hall–Kier alpha value is -1.16. The number of rotatable bonds is 1. The van der Waals surface area contributed by atoms with Crippen molar-refractivity contribution in [3.8, 4) is 0 Å². The van der Waals surface area contributed by atoms with Gasteiger partial charge >= 0.3 is 0 Å². The third-order valence-electron chi connectivity index (χ3n) is 7.45. The number of ether oxygens (including phenoxy) is 1. The highest BCUT2D eigenvalue weighted by Gasteiger charge is 2.54. The van der Waals surface area contributed by atoms with Gasteiger partial charge in [-0.2, -0.15) is 0 Å². The Morgan fingerprint density at radius 1 is 0.680 bits per heavy atom. The van der Waals surface area contributed by atoms with Crippen LogP contribution in [0.25, 0.3) is 0 Å². The van der Waals surface area contributed by atoms with Gasteiger partial charge < -0.3 is 4.74 Å². The molecular formula is C21H29NO3. The third kappa shape index (κ3) is 2.43. The van der Waals surface area contributed by atoms with E-state index in [0.29, 0.717) is 11.8 Å². The first-order chi connectivity index (χ1) is 12.3. The molecule has 0 spiro atoms. The second kappa shape index (κ2) is 6.22. The molecular weight excluding hydrogens is 314 g/mol. The van der Waals surface area contributed by atoms with Crippen molar-refractivity contribution in [2.75, 3.05) is 0 Å². The second-order valence-corrected chi connectivity index (χ2v) is 8.74. The topological polar surface area (TPSA) is 46.6 Å². The number of hydrogen-bond acceptors (Lipinski definition) is 3. The molecule has 0 aromatic carbocycles. The maximum absolute atomic E-state index is 13.2. The van der Waals surface area contributed by atoms with Gasteiger partial charge in [0.2, 0.25) is 0 Å². The molecule has 5 rings (SSSR count). The maximum atomic E-state index is 13.2. The fourth-order valence-electron chi connectivity index (χ4n) is 6.33. The summed E-state index contributed by atoms with van der Waals surface area (Å²) < 4.78 is 6.51. The van der Waals surface area contributed by atoms with E-state index in [0.717, 1.165) is 62.5 Å². The van der Waals surface area contributed by atoms with Crippen LogP contribution in [0.5, 0.6) is 0 Å². The largest absolute Gasteiger partial charge is 0.374 e. The zero-order valence-electron chi connectivity index (χ0n) is 15.0. The normalized spacial score (nSPS) is 41.4. The average Bonchev–Trinajstić information content (AvgIpc) is 2.91. The molecule has 0 N–H and O–H groups in total. The molecule has 2 aliphatic heterocycles. The summed E-state index contributed by atoms with van der Waals surface area (Å²) in [6.45, 7) is 0. The minimum Gasteiger partial charge on any atom is -0.374 e. The zero-order valence-corrected chi connectivity index (χ0v) is 15.0. The molecule has 3 aliphatic carbocycles. The van der Waals surface area contributed by atoms with Crippen LogP contribution in [0.4, 0.5) is 0 Å². The molecule has 4 nitrogen and oxygen atoms in total. The van der Waals surface area contributed by atoms with Crippen LogP contribution in [0.2, 0.25) is 0 Å². The van der Waals surface area contributed by atoms with Gasteiger partial charge in [0, 0.05) is 23.0 Å². The predicted octanol–water partition coefficient (Wildman–Crippen LogP) is 3.74. The lowest BCUT2D eigenvalue weighted by Gasteiger charge is -2.53.